The van der Waals surface area contributed by atoms with Crippen LogP contribution in [0.1, 0.15) is 24.2 Å². The van der Waals surface area contributed by atoms with Crippen molar-refractivity contribution in [3.63, 3.8) is 0 Å². The molecular weight excluding hydrogens is 377 g/mol. The molecule has 0 aliphatic rings. The highest BCUT2D eigenvalue weighted by Gasteiger charge is 2.33. The average Bonchev–Trinajstić information content (AvgIpc) is 2.55. The van der Waals surface area contributed by atoms with Crippen LogP contribution in [0.2, 0.25) is 5.02 Å². The highest BCUT2D eigenvalue weighted by atomic mass is 35.5. The third kappa shape index (κ3) is 5.34. The van der Waals surface area contributed by atoms with Crippen molar-refractivity contribution in [1.29, 1.82) is 5.26 Å². The molecule has 12 heteroatoms. The number of nitro groups is 1. The van der Waals surface area contributed by atoms with Crippen molar-refractivity contribution in [2.45, 2.75) is 13.8 Å². The van der Waals surface area contributed by atoms with Gasteiger partial charge in [0.1, 0.15) is 6.07 Å². The zero-order chi connectivity index (χ0) is 19.0. The minimum absolute atomic E-state index is 0.0277. The van der Waals surface area contributed by atoms with Gasteiger partial charge in [-0.2, -0.15) is 5.26 Å². The summed E-state index contributed by atoms with van der Waals surface area (Å²) in [5, 5.41) is 22.7. The van der Waals surface area contributed by atoms with Gasteiger partial charge in [-0.25, -0.2) is 4.79 Å². The SMILES string of the molecule is CCOP(=O)(OCC)C(C#N)=NOC(=O)c1ccc([N+](=O)[O-])cc1Cl. The van der Waals surface area contributed by atoms with Crippen LogP contribution in [0, 0.1) is 21.4 Å². The second-order valence-corrected chi connectivity index (χ2v) is 6.50. The van der Waals surface area contributed by atoms with Crippen LogP contribution in [0.3, 0.4) is 0 Å². The predicted molar refractivity (Wildman–Crippen MR) is 87.4 cm³/mol. The molecule has 0 aliphatic heterocycles. The van der Waals surface area contributed by atoms with Crippen molar-refractivity contribution in [2.24, 2.45) is 5.16 Å². The Labute approximate surface area is 147 Å². The van der Waals surface area contributed by atoms with Gasteiger partial charge in [0.15, 0.2) is 0 Å². The lowest BCUT2D eigenvalue weighted by Crippen LogP contribution is -2.09. The van der Waals surface area contributed by atoms with Gasteiger partial charge in [-0.3, -0.25) is 14.7 Å². The van der Waals surface area contributed by atoms with Crippen LogP contribution in [-0.4, -0.2) is 29.6 Å². The molecule has 1 aromatic rings. The van der Waals surface area contributed by atoms with Crippen LogP contribution in [0.25, 0.3) is 0 Å². The highest BCUT2D eigenvalue weighted by Crippen LogP contribution is 2.49. The zero-order valence-electron chi connectivity index (χ0n) is 13.2. The summed E-state index contributed by atoms with van der Waals surface area (Å²) in [6.45, 7) is 3.01. The molecule has 25 heavy (non-hydrogen) atoms. The number of hydrogen-bond acceptors (Lipinski definition) is 9. The smallest absolute Gasteiger partial charge is 0.311 e. The van der Waals surface area contributed by atoms with Crippen molar-refractivity contribution in [3.8, 4) is 6.07 Å². The largest absolute Gasteiger partial charge is 0.393 e. The van der Waals surface area contributed by atoms with E-state index in [2.05, 4.69) is 9.99 Å². The minimum atomic E-state index is -4.02. The van der Waals surface area contributed by atoms with Gasteiger partial charge in [-0.1, -0.05) is 16.8 Å². The number of benzene rings is 1. The highest BCUT2D eigenvalue weighted by molar-refractivity contribution is 7.73. The quantitative estimate of drug-likeness (QED) is 0.216. The summed E-state index contributed by atoms with van der Waals surface area (Å²) < 4.78 is 22.2. The summed E-state index contributed by atoms with van der Waals surface area (Å²) in [5.41, 5.74) is -1.29. The van der Waals surface area contributed by atoms with Crippen molar-refractivity contribution >= 4 is 36.3 Å². The number of halogens is 1. The maximum Gasteiger partial charge on any atom is 0.393 e. The fourth-order valence-corrected chi connectivity index (χ4v) is 3.06. The number of nitriles is 1. The first-order valence-electron chi connectivity index (χ1n) is 6.82. The van der Waals surface area contributed by atoms with Crippen molar-refractivity contribution < 1.29 is 28.2 Å². The molecule has 134 valence electrons. The summed E-state index contributed by atoms with van der Waals surface area (Å²) >= 11 is 5.78. The maximum atomic E-state index is 12.4. The Kier molecular flexibility index (Phi) is 7.67. The molecule has 0 fully saturated rings. The molecule has 0 amide bonds. The van der Waals surface area contributed by atoms with Crippen molar-refractivity contribution in [3.05, 3.63) is 38.9 Å². The number of nitro benzene ring substituents is 1. The van der Waals surface area contributed by atoms with Crippen LogP contribution < -0.4 is 0 Å². The zero-order valence-corrected chi connectivity index (χ0v) is 14.8. The minimum Gasteiger partial charge on any atom is -0.311 e. The molecule has 0 spiro atoms. The first-order valence-corrected chi connectivity index (χ1v) is 8.74. The Morgan fingerprint density at radius 2 is 2.00 bits per heavy atom. The Bertz CT molecular complexity index is 780. The molecule has 1 aromatic carbocycles. The molecule has 1 rings (SSSR count). The topological polar surface area (TPSA) is 141 Å². The van der Waals surface area contributed by atoms with Gasteiger partial charge in [-0.05, 0) is 19.9 Å². The monoisotopic (exact) mass is 389 g/mol. The van der Waals surface area contributed by atoms with E-state index >= 15 is 0 Å². The third-order valence-corrected chi connectivity index (χ3v) is 4.77. The molecule has 0 N–H and O–H groups in total. The lowest BCUT2D eigenvalue weighted by Gasteiger charge is -2.13. The summed E-state index contributed by atoms with van der Waals surface area (Å²) in [7, 11) is -4.02. The number of rotatable bonds is 8. The lowest BCUT2D eigenvalue weighted by molar-refractivity contribution is -0.384. The van der Waals surface area contributed by atoms with Crippen LogP contribution >= 0.6 is 19.2 Å². The van der Waals surface area contributed by atoms with E-state index in [0.29, 0.717) is 0 Å². The van der Waals surface area contributed by atoms with Gasteiger partial charge in [-0.15, -0.1) is 0 Å². The lowest BCUT2D eigenvalue weighted by atomic mass is 10.2. The van der Waals surface area contributed by atoms with Gasteiger partial charge < -0.3 is 13.9 Å². The molecule has 0 heterocycles. The summed E-state index contributed by atoms with van der Waals surface area (Å²) in [4.78, 5) is 26.4. The standard InChI is InChI=1S/C13H13ClN3O7P/c1-3-22-25(21,23-4-2)12(8-15)16-24-13(18)10-6-5-9(17(19)20)7-11(10)14/h5-7H,3-4H2,1-2H3. The van der Waals surface area contributed by atoms with E-state index in [1.54, 1.807) is 0 Å². The fourth-order valence-electron chi connectivity index (χ4n) is 1.55. The van der Waals surface area contributed by atoms with Gasteiger partial charge in [0.2, 0.25) is 0 Å². The molecule has 0 bridgehead atoms. The van der Waals surface area contributed by atoms with Crippen molar-refractivity contribution in [2.75, 3.05) is 13.2 Å². The second kappa shape index (κ2) is 9.25. The normalized spacial score (nSPS) is 11.7. The van der Waals surface area contributed by atoms with E-state index in [1.165, 1.54) is 19.9 Å². The first kappa shape index (κ1) is 20.7. The number of carbonyl (C=O) groups is 1. The van der Waals surface area contributed by atoms with Gasteiger partial charge in [0.25, 0.3) is 11.1 Å². The van der Waals surface area contributed by atoms with Crippen LogP contribution in [0.5, 0.6) is 0 Å². The molecule has 10 nitrogen and oxygen atoms in total. The van der Waals surface area contributed by atoms with Gasteiger partial charge >= 0.3 is 13.6 Å². The Morgan fingerprint density at radius 1 is 1.40 bits per heavy atom. The Morgan fingerprint density at radius 3 is 2.44 bits per heavy atom. The number of oxime groups is 1. The van der Waals surface area contributed by atoms with Crippen LogP contribution in [-0.2, 0) is 18.5 Å². The molecule has 0 saturated carbocycles. The third-order valence-electron chi connectivity index (χ3n) is 2.56. The van der Waals surface area contributed by atoms with Crippen molar-refractivity contribution in [1.82, 2.24) is 0 Å². The van der Waals surface area contributed by atoms with Crippen LogP contribution in [0.15, 0.2) is 23.4 Å². The summed E-state index contributed by atoms with van der Waals surface area (Å²) in [6.07, 6.45) is 0. The molecule has 0 unspecified atom stereocenters. The molecular formula is C13H13ClN3O7P. The average molecular weight is 390 g/mol. The molecule has 0 aliphatic carbocycles. The molecule has 0 radical (unpaired) electrons. The molecule has 0 atom stereocenters. The molecule has 0 aromatic heterocycles. The number of non-ortho nitro benzene ring substituents is 1. The first-order chi connectivity index (χ1) is 11.8. The molecule has 0 saturated heterocycles. The van der Waals surface area contributed by atoms with E-state index in [0.717, 1.165) is 18.2 Å². The van der Waals surface area contributed by atoms with Gasteiger partial charge in [0.05, 0.1) is 28.7 Å². The van der Waals surface area contributed by atoms with E-state index in [1.807, 2.05) is 0 Å². The summed E-state index contributed by atoms with van der Waals surface area (Å²) in [5.74, 6) is -1.10. The fraction of sp³-hybridized carbons (Fsp3) is 0.308. The summed E-state index contributed by atoms with van der Waals surface area (Å²) in [6, 6.07) is 4.56. The van der Waals surface area contributed by atoms with Gasteiger partial charge in [0, 0.05) is 12.1 Å². The number of nitrogens with zero attached hydrogens (tertiary/aromatic N) is 3. The van der Waals surface area contributed by atoms with E-state index in [9.17, 15) is 19.5 Å². The van der Waals surface area contributed by atoms with E-state index in [4.69, 9.17) is 25.9 Å². The number of carbonyl (C=O) groups excluding carboxylic acids is 1. The number of hydrogen-bond donors (Lipinski definition) is 0. The van der Waals surface area contributed by atoms with Crippen LogP contribution in [0.4, 0.5) is 5.69 Å². The van der Waals surface area contributed by atoms with E-state index in [-0.39, 0.29) is 29.5 Å². The Hall–Kier alpha value is -2.31. The maximum absolute atomic E-state index is 12.4. The van der Waals surface area contributed by atoms with E-state index < -0.39 is 23.9 Å². The predicted octanol–water partition coefficient (Wildman–Crippen LogP) is 3.51. The second-order valence-electron chi connectivity index (χ2n) is 4.16. The Balaban J connectivity index is 3.06.